The fourth-order valence-electron chi connectivity index (χ4n) is 2.29. The van der Waals surface area contributed by atoms with Gasteiger partial charge < -0.3 is 15.1 Å². The van der Waals surface area contributed by atoms with E-state index in [0.717, 1.165) is 0 Å². The first-order valence-electron chi connectivity index (χ1n) is 6.27. The van der Waals surface area contributed by atoms with Gasteiger partial charge in [-0.15, -0.1) is 0 Å². The molecule has 0 aromatic heterocycles. The molecule has 106 valence electrons. The van der Waals surface area contributed by atoms with Crippen LogP contribution in [0, 0.1) is 0 Å². The third-order valence-corrected chi connectivity index (χ3v) is 3.67. The van der Waals surface area contributed by atoms with Crippen molar-refractivity contribution in [2.45, 2.75) is 25.0 Å². The Kier molecular flexibility index (Phi) is 4.46. The van der Waals surface area contributed by atoms with E-state index in [1.807, 2.05) is 6.07 Å². The zero-order valence-electron chi connectivity index (χ0n) is 10.7. The van der Waals surface area contributed by atoms with Gasteiger partial charge in [-0.2, -0.15) is 0 Å². The van der Waals surface area contributed by atoms with Crippen molar-refractivity contribution < 1.29 is 19.8 Å². The lowest BCUT2D eigenvalue weighted by molar-refractivity contribution is -0.141. The predicted molar refractivity (Wildman–Crippen MR) is 76.7 cm³/mol. The van der Waals surface area contributed by atoms with Crippen LogP contribution >= 0.6 is 12.2 Å². The van der Waals surface area contributed by atoms with E-state index >= 15 is 0 Å². The van der Waals surface area contributed by atoms with E-state index in [9.17, 15) is 14.7 Å². The first-order chi connectivity index (χ1) is 9.49. The number of β-amino-alcohol motifs (C(OH)–C–C–N with tert-alkyl or cyclic N) is 1. The summed E-state index contributed by atoms with van der Waals surface area (Å²) in [4.78, 5) is 24.9. The van der Waals surface area contributed by atoms with Crippen molar-refractivity contribution in [2.24, 2.45) is 0 Å². The largest absolute Gasteiger partial charge is 0.480 e. The molecule has 0 spiro atoms. The average molecular weight is 293 g/mol. The summed E-state index contributed by atoms with van der Waals surface area (Å²) < 4.78 is 0. The lowest BCUT2D eigenvalue weighted by Crippen LogP contribution is -2.40. The Morgan fingerprint density at radius 1 is 1.30 bits per heavy atom. The molecule has 20 heavy (non-hydrogen) atoms. The van der Waals surface area contributed by atoms with Crippen LogP contribution in [0.2, 0.25) is 0 Å². The molecule has 0 unspecified atom stereocenters. The van der Waals surface area contributed by atoms with E-state index in [0.29, 0.717) is 5.56 Å². The number of rotatable bonds is 4. The number of nitrogens with zero attached hydrogens (tertiary/aromatic N) is 1. The zero-order chi connectivity index (χ0) is 14.7. The van der Waals surface area contributed by atoms with E-state index in [-0.39, 0.29) is 30.2 Å². The average Bonchev–Trinajstić information content (AvgIpc) is 2.82. The molecule has 2 N–H and O–H groups in total. The SMILES string of the molecule is O=C(CC(=S)N1C[C@H](O)C[C@H]1C(=O)O)c1ccccc1. The number of ketones is 1. The molecular formula is C14H15NO4S. The van der Waals surface area contributed by atoms with E-state index < -0.39 is 18.1 Å². The molecule has 1 aliphatic heterocycles. The maximum absolute atomic E-state index is 12.0. The van der Waals surface area contributed by atoms with Gasteiger partial charge in [0, 0.05) is 18.5 Å². The quantitative estimate of drug-likeness (QED) is 0.639. The lowest BCUT2D eigenvalue weighted by Gasteiger charge is -2.23. The maximum atomic E-state index is 12.0. The van der Waals surface area contributed by atoms with Crippen LogP contribution in [0.15, 0.2) is 30.3 Å². The lowest BCUT2D eigenvalue weighted by atomic mass is 10.1. The Balaban J connectivity index is 2.05. The number of carbonyl (C=O) groups excluding carboxylic acids is 1. The molecule has 0 amide bonds. The number of aliphatic hydroxyl groups excluding tert-OH is 1. The van der Waals surface area contributed by atoms with Gasteiger partial charge in [0.25, 0.3) is 0 Å². The van der Waals surface area contributed by atoms with Gasteiger partial charge >= 0.3 is 5.97 Å². The van der Waals surface area contributed by atoms with Crippen molar-refractivity contribution in [1.29, 1.82) is 0 Å². The predicted octanol–water partition coefficient (Wildman–Crippen LogP) is 1.11. The van der Waals surface area contributed by atoms with Gasteiger partial charge in [-0.05, 0) is 0 Å². The number of benzene rings is 1. The summed E-state index contributed by atoms with van der Waals surface area (Å²) in [5.41, 5.74) is 0.543. The maximum Gasteiger partial charge on any atom is 0.326 e. The van der Waals surface area contributed by atoms with Gasteiger partial charge in [0.15, 0.2) is 5.78 Å². The van der Waals surface area contributed by atoms with Crippen LogP contribution in [-0.4, -0.2) is 50.5 Å². The highest BCUT2D eigenvalue weighted by molar-refractivity contribution is 7.80. The van der Waals surface area contributed by atoms with Gasteiger partial charge in [-0.3, -0.25) is 4.79 Å². The highest BCUT2D eigenvalue weighted by Gasteiger charge is 2.37. The summed E-state index contributed by atoms with van der Waals surface area (Å²) in [6.45, 7) is 0.165. The summed E-state index contributed by atoms with van der Waals surface area (Å²) >= 11 is 5.17. The fourth-order valence-corrected chi connectivity index (χ4v) is 2.62. The van der Waals surface area contributed by atoms with Crippen LogP contribution < -0.4 is 0 Å². The number of hydrogen-bond acceptors (Lipinski definition) is 4. The van der Waals surface area contributed by atoms with Crippen LogP contribution in [0.4, 0.5) is 0 Å². The van der Waals surface area contributed by atoms with Gasteiger partial charge in [0.1, 0.15) is 6.04 Å². The summed E-state index contributed by atoms with van der Waals surface area (Å²) in [6, 6.07) is 7.87. The number of hydrogen-bond donors (Lipinski definition) is 2. The third kappa shape index (κ3) is 3.20. The number of Topliss-reactive ketones (excluding diaryl/α,β-unsaturated/α-hetero) is 1. The molecule has 2 rings (SSSR count). The highest BCUT2D eigenvalue weighted by Crippen LogP contribution is 2.20. The molecule has 0 saturated carbocycles. The van der Waals surface area contributed by atoms with E-state index in [1.165, 1.54) is 4.90 Å². The van der Waals surface area contributed by atoms with Crippen molar-refractivity contribution in [3.63, 3.8) is 0 Å². The highest BCUT2D eigenvalue weighted by atomic mass is 32.1. The first kappa shape index (κ1) is 14.6. The second kappa shape index (κ2) is 6.11. The van der Waals surface area contributed by atoms with Gasteiger partial charge in [0.05, 0.1) is 17.5 Å². The third-order valence-electron chi connectivity index (χ3n) is 3.29. The standard InChI is InChI=1S/C14H15NO4S/c16-10-6-11(14(18)19)15(8-10)13(20)7-12(17)9-4-2-1-3-5-9/h1-5,10-11,16H,6-8H2,(H,18,19)/t10-,11+/m1/s1. The van der Waals surface area contributed by atoms with Gasteiger partial charge in [-0.1, -0.05) is 42.5 Å². The molecule has 1 aliphatic rings. The molecule has 0 radical (unpaired) electrons. The second-order valence-corrected chi connectivity index (χ2v) is 5.23. The zero-order valence-corrected chi connectivity index (χ0v) is 11.5. The molecule has 1 aromatic rings. The Labute approximate surface area is 121 Å². The summed E-state index contributed by atoms with van der Waals surface area (Å²) in [5, 5.41) is 18.7. The minimum absolute atomic E-state index is 0.0180. The number of aliphatic carboxylic acids is 1. The normalized spacial score (nSPS) is 21.8. The topological polar surface area (TPSA) is 77.8 Å². The minimum atomic E-state index is -1.03. The fraction of sp³-hybridized carbons (Fsp3) is 0.357. The molecule has 2 atom stereocenters. The van der Waals surface area contributed by atoms with Gasteiger partial charge in [0.2, 0.25) is 0 Å². The Morgan fingerprint density at radius 2 is 1.95 bits per heavy atom. The monoisotopic (exact) mass is 293 g/mol. The molecule has 1 heterocycles. The van der Waals surface area contributed by atoms with E-state index in [4.69, 9.17) is 17.3 Å². The second-order valence-electron chi connectivity index (χ2n) is 4.76. The molecule has 5 nitrogen and oxygen atoms in total. The van der Waals surface area contributed by atoms with Crippen molar-refractivity contribution in [2.75, 3.05) is 6.54 Å². The van der Waals surface area contributed by atoms with E-state index in [2.05, 4.69) is 0 Å². The van der Waals surface area contributed by atoms with Crippen LogP contribution in [0.1, 0.15) is 23.2 Å². The smallest absolute Gasteiger partial charge is 0.326 e. The minimum Gasteiger partial charge on any atom is -0.480 e. The molecule has 1 aromatic carbocycles. The number of carboxylic acid groups (broad SMARTS) is 1. The summed E-state index contributed by atoms with van der Waals surface area (Å²) in [6.07, 6.45) is -0.605. The molecule has 0 aliphatic carbocycles. The molecule has 1 fully saturated rings. The number of aliphatic hydroxyl groups is 1. The summed E-state index contributed by atoms with van der Waals surface area (Å²) in [7, 11) is 0. The number of carboxylic acids is 1. The number of carbonyl (C=O) groups is 2. The summed E-state index contributed by atoms with van der Waals surface area (Å²) in [5.74, 6) is -1.18. The van der Waals surface area contributed by atoms with Crippen molar-refractivity contribution in [1.82, 2.24) is 4.90 Å². The Hall–Kier alpha value is -1.79. The number of likely N-dealkylation sites (tertiary alicyclic amines) is 1. The first-order valence-corrected chi connectivity index (χ1v) is 6.68. The Morgan fingerprint density at radius 3 is 2.55 bits per heavy atom. The van der Waals surface area contributed by atoms with Crippen LogP contribution in [0.5, 0.6) is 0 Å². The van der Waals surface area contributed by atoms with Crippen molar-refractivity contribution >= 4 is 29.0 Å². The molecular weight excluding hydrogens is 278 g/mol. The number of thiocarbonyl (C=S) groups is 1. The van der Waals surface area contributed by atoms with Gasteiger partial charge in [-0.25, -0.2) is 4.79 Å². The Bertz CT molecular complexity index is 531. The molecule has 1 saturated heterocycles. The van der Waals surface area contributed by atoms with Crippen LogP contribution in [-0.2, 0) is 4.79 Å². The van der Waals surface area contributed by atoms with Crippen molar-refractivity contribution in [3.05, 3.63) is 35.9 Å². The molecule has 0 bridgehead atoms. The van der Waals surface area contributed by atoms with Crippen molar-refractivity contribution in [3.8, 4) is 0 Å². The molecule has 6 heteroatoms. The van der Waals surface area contributed by atoms with Crippen LogP contribution in [0.3, 0.4) is 0 Å². The van der Waals surface area contributed by atoms with E-state index in [1.54, 1.807) is 24.3 Å². The van der Waals surface area contributed by atoms with Crippen LogP contribution in [0.25, 0.3) is 0 Å².